The molecule has 1 aromatic heterocycles. The highest BCUT2D eigenvalue weighted by Gasteiger charge is 2.16. The predicted octanol–water partition coefficient (Wildman–Crippen LogP) is -0.0405. The molecule has 0 aliphatic heterocycles. The Bertz CT molecular complexity index is 277. The largest absolute Gasteiger partial charge is 0.480 e. The molecule has 1 unspecified atom stereocenters. The number of carboxylic acids is 1. The van der Waals surface area contributed by atoms with Crippen molar-refractivity contribution in [2.45, 2.75) is 18.1 Å². The summed E-state index contributed by atoms with van der Waals surface area (Å²) in [5.41, 5.74) is 0. The lowest BCUT2D eigenvalue weighted by molar-refractivity contribution is -0.138. The van der Waals surface area contributed by atoms with Crippen LogP contribution in [0, 0.1) is 0 Å². The molecule has 0 spiro atoms. The smallest absolute Gasteiger partial charge is 0.321 e. The van der Waals surface area contributed by atoms with Gasteiger partial charge in [-0.2, -0.15) is 5.10 Å². The molecule has 0 radical (unpaired) electrons. The summed E-state index contributed by atoms with van der Waals surface area (Å²) in [4.78, 5) is 14.6. The summed E-state index contributed by atoms with van der Waals surface area (Å²) in [6, 6.07) is -0.546. The highest BCUT2D eigenvalue weighted by atomic mass is 32.2. The van der Waals surface area contributed by atoms with Crippen LogP contribution in [0.4, 0.5) is 0 Å². The van der Waals surface area contributed by atoms with Gasteiger partial charge in [0.05, 0.1) is 0 Å². The van der Waals surface area contributed by atoms with Crippen LogP contribution in [-0.2, 0) is 4.79 Å². The molecule has 1 aromatic rings. The Labute approximate surface area is 85.5 Å². The van der Waals surface area contributed by atoms with Crippen molar-refractivity contribution in [3.63, 3.8) is 0 Å². The van der Waals surface area contributed by atoms with Gasteiger partial charge in [0.25, 0.3) is 0 Å². The van der Waals surface area contributed by atoms with Crippen molar-refractivity contribution in [1.82, 2.24) is 20.5 Å². The monoisotopic (exact) mass is 216 g/mol. The van der Waals surface area contributed by atoms with E-state index in [2.05, 4.69) is 20.5 Å². The minimum Gasteiger partial charge on any atom is -0.480 e. The number of hydrogen-bond donors (Lipinski definition) is 3. The summed E-state index contributed by atoms with van der Waals surface area (Å²) < 4.78 is 0. The second-order valence-corrected chi connectivity index (χ2v) is 3.56. The van der Waals surface area contributed by atoms with Crippen LogP contribution < -0.4 is 5.32 Å². The normalized spacial score (nSPS) is 12.6. The first kappa shape index (κ1) is 11.0. The zero-order valence-corrected chi connectivity index (χ0v) is 8.54. The zero-order chi connectivity index (χ0) is 10.4. The van der Waals surface area contributed by atoms with Gasteiger partial charge in [0, 0.05) is 5.75 Å². The van der Waals surface area contributed by atoms with Gasteiger partial charge in [-0.15, -0.1) is 0 Å². The van der Waals surface area contributed by atoms with Crippen molar-refractivity contribution in [2.24, 2.45) is 0 Å². The molecular formula is C7H12N4O2S. The van der Waals surface area contributed by atoms with Crippen LogP contribution in [0.1, 0.15) is 6.92 Å². The van der Waals surface area contributed by atoms with E-state index in [0.29, 0.717) is 17.5 Å². The van der Waals surface area contributed by atoms with Gasteiger partial charge in [0.15, 0.2) is 5.16 Å². The molecule has 0 bridgehead atoms. The van der Waals surface area contributed by atoms with E-state index in [4.69, 9.17) is 5.11 Å². The molecule has 1 atom stereocenters. The second-order valence-electron chi connectivity index (χ2n) is 2.55. The van der Waals surface area contributed by atoms with E-state index in [0.717, 1.165) is 0 Å². The molecule has 0 saturated heterocycles. The molecule has 0 saturated carbocycles. The van der Waals surface area contributed by atoms with Crippen LogP contribution in [0.25, 0.3) is 0 Å². The maximum Gasteiger partial charge on any atom is 0.321 e. The van der Waals surface area contributed by atoms with Gasteiger partial charge in [-0.3, -0.25) is 9.89 Å². The third-order valence-electron chi connectivity index (χ3n) is 1.53. The number of carboxylic acid groups (broad SMARTS) is 1. The number of H-pyrrole nitrogens is 1. The Balaban J connectivity index is 2.37. The molecule has 3 N–H and O–H groups in total. The maximum absolute atomic E-state index is 10.7. The average molecular weight is 216 g/mol. The van der Waals surface area contributed by atoms with Crippen molar-refractivity contribution in [3.8, 4) is 0 Å². The molecule has 7 heteroatoms. The van der Waals surface area contributed by atoms with Gasteiger partial charge in [0.2, 0.25) is 0 Å². The summed E-state index contributed by atoms with van der Waals surface area (Å²) >= 11 is 1.33. The standard InChI is InChI=1S/C7H12N4O2S/c1-2-8-5(6(12)13)3-14-7-9-4-10-11-7/h4-5,8H,2-3H2,1H3,(H,12,13)(H,9,10,11). The van der Waals surface area contributed by atoms with Gasteiger partial charge in [-0.25, -0.2) is 4.98 Å². The van der Waals surface area contributed by atoms with Gasteiger partial charge in [-0.1, -0.05) is 18.7 Å². The molecule has 0 aliphatic carbocycles. The molecular weight excluding hydrogens is 204 g/mol. The van der Waals surface area contributed by atoms with Crippen LogP contribution in [0.3, 0.4) is 0 Å². The molecule has 1 heterocycles. The Hall–Kier alpha value is -1.08. The number of thioether (sulfide) groups is 1. The lowest BCUT2D eigenvalue weighted by Crippen LogP contribution is -2.38. The van der Waals surface area contributed by atoms with Gasteiger partial charge in [-0.05, 0) is 6.54 Å². The predicted molar refractivity (Wildman–Crippen MR) is 52.2 cm³/mol. The van der Waals surface area contributed by atoms with E-state index < -0.39 is 12.0 Å². The van der Waals surface area contributed by atoms with Gasteiger partial charge >= 0.3 is 5.97 Å². The Morgan fingerprint density at radius 3 is 3.14 bits per heavy atom. The minimum atomic E-state index is -0.848. The average Bonchev–Trinajstić information content (AvgIpc) is 2.64. The summed E-state index contributed by atoms with van der Waals surface area (Å²) in [6.45, 7) is 2.50. The third-order valence-corrected chi connectivity index (χ3v) is 2.50. The lowest BCUT2D eigenvalue weighted by Gasteiger charge is -2.10. The van der Waals surface area contributed by atoms with Crippen molar-refractivity contribution in [1.29, 1.82) is 0 Å². The number of aromatic nitrogens is 3. The van der Waals surface area contributed by atoms with E-state index in [-0.39, 0.29) is 0 Å². The van der Waals surface area contributed by atoms with Crippen LogP contribution in [-0.4, -0.2) is 44.6 Å². The summed E-state index contributed by atoms with van der Waals surface area (Å²) in [5, 5.41) is 18.6. The summed E-state index contributed by atoms with van der Waals surface area (Å²) in [6.07, 6.45) is 1.39. The number of likely N-dealkylation sites (N-methyl/N-ethyl adjacent to an activating group) is 1. The quantitative estimate of drug-likeness (QED) is 0.578. The number of aliphatic carboxylic acids is 1. The summed E-state index contributed by atoms with van der Waals surface area (Å²) in [7, 11) is 0. The minimum absolute atomic E-state index is 0.429. The number of rotatable bonds is 6. The Morgan fingerprint density at radius 1 is 1.86 bits per heavy atom. The number of hydrogen-bond acceptors (Lipinski definition) is 5. The van der Waals surface area contributed by atoms with Crippen molar-refractivity contribution in [3.05, 3.63) is 6.33 Å². The van der Waals surface area contributed by atoms with E-state index >= 15 is 0 Å². The molecule has 6 nitrogen and oxygen atoms in total. The topological polar surface area (TPSA) is 90.9 Å². The Morgan fingerprint density at radius 2 is 2.64 bits per heavy atom. The molecule has 14 heavy (non-hydrogen) atoms. The second kappa shape index (κ2) is 5.61. The molecule has 1 rings (SSSR count). The molecule has 0 amide bonds. The highest BCUT2D eigenvalue weighted by molar-refractivity contribution is 7.99. The van der Waals surface area contributed by atoms with E-state index in [1.165, 1.54) is 18.1 Å². The van der Waals surface area contributed by atoms with E-state index in [9.17, 15) is 4.79 Å². The molecule has 0 aromatic carbocycles. The number of carbonyl (C=O) groups is 1. The van der Waals surface area contributed by atoms with E-state index in [1.54, 1.807) is 0 Å². The van der Waals surface area contributed by atoms with Crippen molar-refractivity contribution >= 4 is 17.7 Å². The first-order valence-corrected chi connectivity index (χ1v) is 5.17. The first-order valence-electron chi connectivity index (χ1n) is 4.18. The number of aromatic amines is 1. The number of nitrogens with zero attached hydrogens (tertiary/aromatic N) is 2. The lowest BCUT2D eigenvalue weighted by atomic mass is 10.3. The Kier molecular flexibility index (Phi) is 4.41. The SMILES string of the molecule is CCNC(CSc1ncn[nH]1)C(=O)O. The number of nitrogens with one attached hydrogen (secondary N) is 2. The molecule has 0 fully saturated rings. The zero-order valence-electron chi connectivity index (χ0n) is 7.73. The fourth-order valence-corrected chi connectivity index (χ4v) is 1.71. The molecule has 78 valence electrons. The van der Waals surface area contributed by atoms with Crippen LogP contribution in [0.5, 0.6) is 0 Å². The molecule has 0 aliphatic rings. The maximum atomic E-state index is 10.7. The highest BCUT2D eigenvalue weighted by Crippen LogP contribution is 2.11. The summed E-state index contributed by atoms with van der Waals surface area (Å²) in [5.74, 6) is -0.419. The van der Waals surface area contributed by atoms with Crippen LogP contribution in [0.2, 0.25) is 0 Å². The van der Waals surface area contributed by atoms with Gasteiger partial charge in [0.1, 0.15) is 12.4 Å². The van der Waals surface area contributed by atoms with Crippen LogP contribution in [0.15, 0.2) is 11.5 Å². The van der Waals surface area contributed by atoms with Crippen molar-refractivity contribution in [2.75, 3.05) is 12.3 Å². The van der Waals surface area contributed by atoms with Gasteiger partial charge < -0.3 is 10.4 Å². The fraction of sp³-hybridized carbons (Fsp3) is 0.571. The fourth-order valence-electron chi connectivity index (χ4n) is 0.890. The van der Waals surface area contributed by atoms with Crippen molar-refractivity contribution < 1.29 is 9.90 Å². The third kappa shape index (κ3) is 3.35. The van der Waals surface area contributed by atoms with E-state index in [1.807, 2.05) is 6.92 Å². The van der Waals surface area contributed by atoms with Crippen LogP contribution >= 0.6 is 11.8 Å². The first-order chi connectivity index (χ1) is 6.74.